The molecule has 0 saturated heterocycles. The van der Waals surface area contributed by atoms with Crippen LogP contribution >= 0.6 is 0 Å². The van der Waals surface area contributed by atoms with Gasteiger partial charge in [-0.25, -0.2) is 4.79 Å². The van der Waals surface area contributed by atoms with Crippen molar-refractivity contribution >= 4 is 5.97 Å². The molecular formula is C14H24O5. The molecule has 0 aromatic carbocycles. The number of esters is 1. The van der Waals surface area contributed by atoms with Crippen LogP contribution in [0.5, 0.6) is 0 Å². The van der Waals surface area contributed by atoms with Gasteiger partial charge in [0.05, 0.1) is 13.2 Å². The van der Waals surface area contributed by atoms with Gasteiger partial charge in [-0.1, -0.05) is 19.1 Å². The van der Waals surface area contributed by atoms with Crippen LogP contribution in [0.3, 0.4) is 0 Å². The summed E-state index contributed by atoms with van der Waals surface area (Å²) >= 11 is 0. The highest BCUT2D eigenvalue weighted by Gasteiger charge is 2.25. The summed E-state index contributed by atoms with van der Waals surface area (Å²) in [6, 6.07) is 0. The lowest BCUT2D eigenvalue weighted by Gasteiger charge is -2.27. The average Bonchev–Trinajstić information content (AvgIpc) is 2.42. The molecule has 110 valence electrons. The molecule has 0 heterocycles. The SMILES string of the molecule is C=C[C@H](OC)[C@@H](OCOC)[C@H](C)/C=C(/C)C(=O)OC. The van der Waals surface area contributed by atoms with E-state index in [0.717, 1.165) is 0 Å². The summed E-state index contributed by atoms with van der Waals surface area (Å²) < 4.78 is 20.5. The van der Waals surface area contributed by atoms with Gasteiger partial charge in [0.2, 0.25) is 0 Å². The lowest BCUT2D eigenvalue weighted by Crippen LogP contribution is -2.35. The van der Waals surface area contributed by atoms with Crippen LogP contribution in [0, 0.1) is 5.92 Å². The average molecular weight is 272 g/mol. The van der Waals surface area contributed by atoms with Gasteiger partial charge in [0, 0.05) is 25.7 Å². The second kappa shape index (κ2) is 9.72. The van der Waals surface area contributed by atoms with Crippen LogP contribution in [0.2, 0.25) is 0 Å². The summed E-state index contributed by atoms with van der Waals surface area (Å²) in [6.07, 6.45) is 2.88. The predicted molar refractivity (Wildman–Crippen MR) is 72.7 cm³/mol. The van der Waals surface area contributed by atoms with Crippen molar-refractivity contribution in [1.29, 1.82) is 0 Å². The van der Waals surface area contributed by atoms with Gasteiger partial charge < -0.3 is 18.9 Å². The first-order valence-electron chi connectivity index (χ1n) is 6.04. The van der Waals surface area contributed by atoms with Crippen molar-refractivity contribution in [2.45, 2.75) is 26.1 Å². The van der Waals surface area contributed by atoms with Crippen LogP contribution in [0.1, 0.15) is 13.8 Å². The van der Waals surface area contributed by atoms with E-state index in [2.05, 4.69) is 11.3 Å². The molecule has 5 nitrogen and oxygen atoms in total. The first-order chi connectivity index (χ1) is 9.01. The Balaban J connectivity index is 4.92. The van der Waals surface area contributed by atoms with Gasteiger partial charge in [0.25, 0.3) is 0 Å². The molecule has 0 N–H and O–H groups in total. The second-order valence-electron chi connectivity index (χ2n) is 4.17. The minimum absolute atomic E-state index is 0.0581. The van der Waals surface area contributed by atoms with Gasteiger partial charge >= 0.3 is 5.97 Å². The topological polar surface area (TPSA) is 54.0 Å². The van der Waals surface area contributed by atoms with Crippen molar-refractivity contribution in [3.05, 3.63) is 24.3 Å². The lowest BCUT2D eigenvalue weighted by atomic mass is 9.97. The number of methoxy groups -OCH3 is 3. The number of carbonyl (C=O) groups is 1. The largest absolute Gasteiger partial charge is 0.466 e. The monoisotopic (exact) mass is 272 g/mol. The number of hydrogen-bond acceptors (Lipinski definition) is 5. The van der Waals surface area contributed by atoms with E-state index in [1.165, 1.54) is 7.11 Å². The maximum atomic E-state index is 11.4. The van der Waals surface area contributed by atoms with Crippen LogP contribution in [-0.4, -0.2) is 46.3 Å². The Bertz CT molecular complexity index is 311. The fourth-order valence-electron chi connectivity index (χ4n) is 1.78. The zero-order valence-corrected chi connectivity index (χ0v) is 12.3. The molecule has 0 aliphatic carbocycles. The molecule has 0 fully saturated rings. The Morgan fingerprint density at radius 1 is 1.32 bits per heavy atom. The summed E-state index contributed by atoms with van der Waals surface area (Å²) in [5.41, 5.74) is 0.528. The quantitative estimate of drug-likeness (QED) is 0.278. The third kappa shape index (κ3) is 6.00. The normalized spacial score (nSPS) is 16.6. The van der Waals surface area contributed by atoms with Crippen molar-refractivity contribution in [1.82, 2.24) is 0 Å². The van der Waals surface area contributed by atoms with E-state index < -0.39 is 0 Å². The molecule has 0 bridgehead atoms. The van der Waals surface area contributed by atoms with Crippen molar-refractivity contribution in [3.8, 4) is 0 Å². The van der Waals surface area contributed by atoms with Crippen molar-refractivity contribution < 1.29 is 23.7 Å². The van der Waals surface area contributed by atoms with Crippen molar-refractivity contribution in [3.63, 3.8) is 0 Å². The highest BCUT2D eigenvalue weighted by molar-refractivity contribution is 5.87. The Hall–Kier alpha value is -1.17. The Kier molecular flexibility index (Phi) is 9.12. The number of carbonyl (C=O) groups excluding carboxylic acids is 1. The Morgan fingerprint density at radius 2 is 1.95 bits per heavy atom. The number of ether oxygens (including phenoxy) is 4. The summed E-state index contributed by atoms with van der Waals surface area (Å²) in [5.74, 6) is -0.415. The van der Waals surface area contributed by atoms with Crippen molar-refractivity contribution in [2.24, 2.45) is 5.92 Å². The molecule has 0 unspecified atom stereocenters. The van der Waals surface area contributed by atoms with E-state index in [1.807, 2.05) is 6.92 Å². The van der Waals surface area contributed by atoms with Crippen LogP contribution in [-0.2, 0) is 23.7 Å². The van der Waals surface area contributed by atoms with Crippen LogP contribution in [0.25, 0.3) is 0 Å². The molecular weight excluding hydrogens is 248 g/mol. The first kappa shape index (κ1) is 17.8. The standard InChI is InChI=1S/C14H24O5/c1-7-12(17-5)13(19-9-16-4)10(2)8-11(3)14(15)18-6/h7-8,10,12-13H,1,9H2,2-6H3/b11-8-/t10-,12+,13+/m1/s1. The van der Waals surface area contributed by atoms with Gasteiger partial charge in [-0.3, -0.25) is 0 Å². The zero-order valence-electron chi connectivity index (χ0n) is 12.3. The van der Waals surface area contributed by atoms with E-state index in [0.29, 0.717) is 5.57 Å². The molecule has 0 radical (unpaired) electrons. The summed E-state index contributed by atoms with van der Waals surface area (Å²) in [4.78, 5) is 11.4. The van der Waals surface area contributed by atoms with Gasteiger partial charge in [0.1, 0.15) is 12.9 Å². The molecule has 0 aromatic rings. The van der Waals surface area contributed by atoms with Crippen LogP contribution in [0.4, 0.5) is 0 Å². The third-order valence-electron chi connectivity index (χ3n) is 2.75. The maximum Gasteiger partial charge on any atom is 0.333 e. The van der Waals surface area contributed by atoms with Crippen LogP contribution < -0.4 is 0 Å². The highest BCUT2D eigenvalue weighted by Crippen LogP contribution is 2.18. The number of hydrogen-bond donors (Lipinski definition) is 0. The van der Waals surface area contributed by atoms with E-state index >= 15 is 0 Å². The summed E-state index contributed by atoms with van der Waals surface area (Å²) in [6.45, 7) is 7.49. The molecule has 0 aliphatic heterocycles. The first-order valence-corrected chi connectivity index (χ1v) is 6.04. The predicted octanol–water partition coefficient (Wildman–Crippen LogP) is 1.93. The Morgan fingerprint density at radius 3 is 2.37 bits per heavy atom. The lowest BCUT2D eigenvalue weighted by molar-refractivity contribution is -0.136. The molecule has 0 amide bonds. The maximum absolute atomic E-state index is 11.4. The van der Waals surface area contributed by atoms with E-state index in [-0.39, 0.29) is 30.9 Å². The molecule has 0 rings (SSSR count). The molecule has 0 saturated carbocycles. The van der Waals surface area contributed by atoms with Gasteiger partial charge in [0.15, 0.2) is 0 Å². The van der Waals surface area contributed by atoms with Gasteiger partial charge in [-0.15, -0.1) is 6.58 Å². The summed E-state index contributed by atoms with van der Waals surface area (Å²) in [5, 5.41) is 0. The molecule has 0 aliphatic rings. The van der Waals surface area contributed by atoms with Crippen molar-refractivity contribution in [2.75, 3.05) is 28.1 Å². The third-order valence-corrected chi connectivity index (χ3v) is 2.75. The smallest absolute Gasteiger partial charge is 0.333 e. The van der Waals surface area contributed by atoms with E-state index in [4.69, 9.17) is 14.2 Å². The number of rotatable bonds is 9. The fourth-order valence-corrected chi connectivity index (χ4v) is 1.78. The second-order valence-corrected chi connectivity index (χ2v) is 4.17. The minimum atomic E-state index is -0.357. The molecule has 3 atom stereocenters. The highest BCUT2D eigenvalue weighted by atomic mass is 16.7. The Labute approximate surface area is 115 Å². The van der Waals surface area contributed by atoms with E-state index in [9.17, 15) is 4.79 Å². The molecule has 0 spiro atoms. The van der Waals surface area contributed by atoms with Crippen LogP contribution in [0.15, 0.2) is 24.3 Å². The molecule has 5 heteroatoms. The fraction of sp³-hybridized carbons (Fsp3) is 0.643. The zero-order chi connectivity index (χ0) is 14.8. The molecule has 0 aromatic heterocycles. The molecule has 19 heavy (non-hydrogen) atoms. The van der Waals surface area contributed by atoms with Gasteiger partial charge in [-0.2, -0.15) is 0 Å². The minimum Gasteiger partial charge on any atom is -0.466 e. The van der Waals surface area contributed by atoms with E-state index in [1.54, 1.807) is 33.3 Å². The van der Waals surface area contributed by atoms with Gasteiger partial charge in [-0.05, 0) is 6.92 Å². The summed E-state index contributed by atoms with van der Waals surface area (Å²) in [7, 11) is 4.48.